The first kappa shape index (κ1) is 26.7. The molecule has 1 aromatic heterocycles. The fourth-order valence-electron chi connectivity index (χ4n) is 4.05. The van der Waals surface area contributed by atoms with Crippen LogP contribution in [0, 0.1) is 12.8 Å². The third-order valence-corrected chi connectivity index (χ3v) is 6.23. The summed E-state index contributed by atoms with van der Waals surface area (Å²) in [5, 5.41) is 1.40. The minimum atomic E-state index is -0.346. The Morgan fingerprint density at radius 1 is 1.21 bits per heavy atom. The predicted octanol–water partition coefficient (Wildman–Crippen LogP) is 5.64. The van der Waals surface area contributed by atoms with Gasteiger partial charge in [0.05, 0.1) is 24.9 Å². The number of hydrogen-bond donors (Lipinski definition) is 0. The van der Waals surface area contributed by atoms with Crippen molar-refractivity contribution in [3.05, 3.63) is 75.2 Å². The summed E-state index contributed by atoms with van der Waals surface area (Å²) in [6, 6.07) is 9.31. The first-order valence-electron chi connectivity index (χ1n) is 10.8. The Labute approximate surface area is 207 Å². The molecule has 0 atom stereocenters. The van der Waals surface area contributed by atoms with Crippen LogP contribution in [0.1, 0.15) is 47.3 Å². The first-order valence-corrected chi connectivity index (χ1v) is 11.6. The molecule has 0 amide bonds. The van der Waals surface area contributed by atoms with Gasteiger partial charge in [-0.2, -0.15) is 0 Å². The van der Waals surface area contributed by atoms with E-state index in [-0.39, 0.29) is 5.97 Å². The molecule has 1 aliphatic heterocycles. The van der Waals surface area contributed by atoms with Gasteiger partial charge in [0.2, 0.25) is 0 Å². The van der Waals surface area contributed by atoms with E-state index in [0.717, 1.165) is 38.2 Å². The summed E-state index contributed by atoms with van der Waals surface area (Å²) in [7, 11) is 3.44. The molecule has 0 bridgehead atoms. The molecule has 0 aliphatic carbocycles. The van der Waals surface area contributed by atoms with Gasteiger partial charge in [0.1, 0.15) is 0 Å². The largest absolute Gasteiger partial charge is 0.465 e. The molecule has 1 aromatic carbocycles. The van der Waals surface area contributed by atoms with Crippen molar-refractivity contribution in [2.75, 3.05) is 33.8 Å². The van der Waals surface area contributed by atoms with Gasteiger partial charge in [0, 0.05) is 35.5 Å². The van der Waals surface area contributed by atoms with E-state index in [1.807, 2.05) is 12.1 Å². The Hall–Kier alpha value is -2.52. The van der Waals surface area contributed by atoms with Gasteiger partial charge in [-0.1, -0.05) is 29.3 Å². The molecular weight excluding hydrogens is 457 g/mol. The van der Waals surface area contributed by atoms with E-state index in [4.69, 9.17) is 27.9 Å². The summed E-state index contributed by atoms with van der Waals surface area (Å²) >= 11 is 12.4. The number of halogens is 2. The number of allylic oxidation sites excluding steroid dienone is 1. The van der Waals surface area contributed by atoms with Crippen LogP contribution in [0.15, 0.2) is 48.3 Å². The van der Waals surface area contributed by atoms with Crippen LogP contribution in [-0.4, -0.2) is 54.5 Å². The topological polar surface area (TPSA) is 45.7 Å². The molecular formula is C26H31Cl2N3O2. The Morgan fingerprint density at radius 3 is 2.42 bits per heavy atom. The van der Waals surface area contributed by atoms with Gasteiger partial charge in [-0.25, -0.2) is 4.79 Å². The van der Waals surface area contributed by atoms with Crippen LogP contribution in [0.5, 0.6) is 0 Å². The molecule has 1 fully saturated rings. The second-order valence-corrected chi connectivity index (χ2v) is 8.79. The number of terminal acetylenes is 1. The van der Waals surface area contributed by atoms with Gasteiger partial charge < -0.3 is 9.64 Å². The number of esters is 1. The van der Waals surface area contributed by atoms with Crippen molar-refractivity contribution in [3.8, 4) is 12.8 Å². The van der Waals surface area contributed by atoms with Crippen LogP contribution in [0.4, 0.5) is 0 Å². The molecule has 2 heterocycles. The summed E-state index contributed by atoms with van der Waals surface area (Å²) in [6.07, 6.45) is 14.0. The van der Waals surface area contributed by atoms with E-state index in [2.05, 4.69) is 47.7 Å². The Kier molecular flexibility index (Phi) is 10.7. The number of carbonyl (C=O) groups excluding carboxylic acids is 1. The van der Waals surface area contributed by atoms with Gasteiger partial charge >= 0.3 is 5.97 Å². The zero-order chi connectivity index (χ0) is 24.4. The number of likely N-dealkylation sites (tertiary alicyclic amines) is 1. The number of aromatic nitrogens is 1. The molecule has 0 spiro atoms. The molecule has 0 N–H and O–H groups in total. The Morgan fingerprint density at radius 2 is 1.85 bits per heavy atom. The predicted molar refractivity (Wildman–Crippen MR) is 136 cm³/mol. The van der Waals surface area contributed by atoms with Crippen LogP contribution in [0.3, 0.4) is 0 Å². The van der Waals surface area contributed by atoms with Crippen LogP contribution in [0.2, 0.25) is 10.0 Å². The van der Waals surface area contributed by atoms with Crippen LogP contribution < -0.4 is 0 Å². The molecule has 3 rings (SSSR count). The lowest BCUT2D eigenvalue weighted by Gasteiger charge is -2.34. The molecule has 33 heavy (non-hydrogen) atoms. The van der Waals surface area contributed by atoms with E-state index in [0.29, 0.717) is 28.1 Å². The lowest BCUT2D eigenvalue weighted by Crippen LogP contribution is -2.37. The number of nitrogens with zero attached hydrogens (tertiary/aromatic N) is 3. The third kappa shape index (κ3) is 7.78. The molecule has 0 saturated carbocycles. The van der Waals surface area contributed by atoms with E-state index >= 15 is 0 Å². The number of rotatable bonds is 7. The lowest BCUT2D eigenvalue weighted by molar-refractivity contribution is 0.0600. The van der Waals surface area contributed by atoms with Crippen molar-refractivity contribution in [1.29, 1.82) is 0 Å². The van der Waals surface area contributed by atoms with E-state index in [1.165, 1.54) is 18.4 Å². The first-order chi connectivity index (χ1) is 15.9. The molecule has 0 unspecified atom stereocenters. The average molecular weight is 488 g/mol. The summed E-state index contributed by atoms with van der Waals surface area (Å²) in [5.41, 5.74) is 3.82. The van der Waals surface area contributed by atoms with Gasteiger partial charge in [-0.15, -0.1) is 12.8 Å². The quantitative estimate of drug-likeness (QED) is 0.373. The summed E-state index contributed by atoms with van der Waals surface area (Å²) in [6.45, 7) is 5.62. The summed E-state index contributed by atoms with van der Waals surface area (Å²) < 4.78 is 4.81. The zero-order valence-corrected chi connectivity index (χ0v) is 20.9. The highest BCUT2D eigenvalue weighted by atomic mass is 35.5. The minimum absolute atomic E-state index is 0.346. The normalized spacial score (nSPS) is 14.8. The molecule has 1 aliphatic rings. The maximum absolute atomic E-state index is 11.8. The molecule has 176 valence electrons. The van der Waals surface area contributed by atoms with E-state index in [1.54, 1.807) is 24.4 Å². The van der Waals surface area contributed by atoms with Gasteiger partial charge in [0.25, 0.3) is 0 Å². The van der Waals surface area contributed by atoms with Gasteiger partial charge in [-0.3, -0.25) is 9.88 Å². The standard InChI is InChI=1S/C24H29Cl2N3O2.C2H2/c1-4-23(28(2)15-22-13-18(5-8-27-22)24(30)31-3)16-29-9-6-17(7-10-29)19-11-20(25)14-21(26)12-19;1-2/h4-5,8,11-14,17H,6-7,9-10,15-16H2,1-3H3;1-2H/b23-4-;. The number of pyridine rings is 1. The highest BCUT2D eigenvalue weighted by Crippen LogP contribution is 2.32. The smallest absolute Gasteiger partial charge is 0.337 e. The van der Waals surface area contributed by atoms with Crippen LogP contribution in [-0.2, 0) is 11.3 Å². The zero-order valence-electron chi connectivity index (χ0n) is 19.4. The summed E-state index contributed by atoms with van der Waals surface area (Å²) in [4.78, 5) is 20.8. The lowest BCUT2D eigenvalue weighted by atomic mass is 9.89. The van der Waals surface area contributed by atoms with Gasteiger partial charge in [-0.05, 0) is 74.7 Å². The van der Waals surface area contributed by atoms with Crippen molar-refractivity contribution in [2.45, 2.75) is 32.2 Å². The monoisotopic (exact) mass is 487 g/mol. The van der Waals surface area contributed by atoms with E-state index in [9.17, 15) is 4.79 Å². The van der Waals surface area contributed by atoms with E-state index < -0.39 is 0 Å². The van der Waals surface area contributed by atoms with Crippen molar-refractivity contribution in [3.63, 3.8) is 0 Å². The highest BCUT2D eigenvalue weighted by molar-refractivity contribution is 6.34. The second kappa shape index (κ2) is 13.3. The SMILES string of the molecule is C#C.C/C=C(/CN1CCC(c2cc(Cl)cc(Cl)c2)CC1)N(C)Cc1cc(C(=O)OC)ccn1. The molecule has 2 aromatic rings. The van der Waals surface area contributed by atoms with Gasteiger partial charge in [0.15, 0.2) is 0 Å². The van der Waals surface area contributed by atoms with Crippen molar-refractivity contribution < 1.29 is 9.53 Å². The Balaban J connectivity index is 0.00000187. The number of carbonyl (C=O) groups is 1. The highest BCUT2D eigenvalue weighted by Gasteiger charge is 2.22. The third-order valence-electron chi connectivity index (χ3n) is 5.79. The number of benzene rings is 1. The Bertz CT molecular complexity index is 962. The second-order valence-electron chi connectivity index (χ2n) is 7.92. The fourth-order valence-corrected chi connectivity index (χ4v) is 4.59. The molecule has 5 nitrogen and oxygen atoms in total. The molecule has 7 heteroatoms. The number of piperidine rings is 1. The number of methoxy groups -OCH3 is 1. The maximum atomic E-state index is 11.8. The van der Waals surface area contributed by atoms with Crippen molar-refractivity contribution in [2.24, 2.45) is 0 Å². The molecule has 0 radical (unpaired) electrons. The number of hydrogen-bond acceptors (Lipinski definition) is 5. The number of ether oxygens (including phenoxy) is 1. The minimum Gasteiger partial charge on any atom is -0.465 e. The maximum Gasteiger partial charge on any atom is 0.337 e. The average Bonchev–Trinajstić information content (AvgIpc) is 2.83. The van der Waals surface area contributed by atoms with Crippen LogP contribution in [0.25, 0.3) is 0 Å². The number of likely N-dealkylation sites (N-methyl/N-ethyl adjacent to an activating group) is 1. The van der Waals surface area contributed by atoms with Crippen molar-refractivity contribution >= 4 is 29.2 Å². The van der Waals surface area contributed by atoms with Crippen molar-refractivity contribution in [1.82, 2.24) is 14.8 Å². The fraction of sp³-hybridized carbons (Fsp3) is 0.385. The summed E-state index contributed by atoms with van der Waals surface area (Å²) in [5.74, 6) is 0.144. The van der Waals surface area contributed by atoms with Crippen LogP contribution >= 0.6 is 23.2 Å². The molecule has 1 saturated heterocycles.